The third-order valence-corrected chi connectivity index (χ3v) is 4.88. The van der Waals surface area contributed by atoms with Gasteiger partial charge >= 0.3 is 0 Å². The lowest BCUT2D eigenvalue weighted by Crippen LogP contribution is -2.40. The minimum atomic E-state index is -0.123. The van der Waals surface area contributed by atoms with Crippen LogP contribution in [0.3, 0.4) is 0 Å². The highest BCUT2D eigenvalue weighted by Crippen LogP contribution is 2.38. The van der Waals surface area contributed by atoms with Gasteiger partial charge in [-0.15, -0.1) is 0 Å². The number of hydrogen-bond acceptors (Lipinski definition) is 2. The Bertz CT molecular complexity index is 529. The van der Waals surface area contributed by atoms with Gasteiger partial charge in [-0.1, -0.05) is 43.5 Å². The summed E-state index contributed by atoms with van der Waals surface area (Å²) in [5, 5.41) is 4.14. The molecule has 3 unspecified atom stereocenters. The first-order valence-electron chi connectivity index (χ1n) is 7.93. The molecule has 2 aliphatic rings. The van der Waals surface area contributed by atoms with Crippen LogP contribution in [0, 0.1) is 5.92 Å². The van der Waals surface area contributed by atoms with E-state index in [4.69, 9.17) is 11.6 Å². The second kappa shape index (κ2) is 5.98. The molecule has 1 saturated carbocycles. The summed E-state index contributed by atoms with van der Waals surface area (Å²) in [5.74, 6) is 1.03. The molecule has 114 valence electrons. The summed E-state index contributed by atoms with van der Waals surface area (Å²) < 4.78 is 0. The summed E-state index contributed by atoms with van der Waals surface area (Å²) in [5.41, 5.74) is 1.08. The van der Waals surface area contributed by atoms with Gasteiger partial charge in [-0.2, -0.15) is 0 Å². The molecule has 2 fully saturated rings. The fourth-order valence-corrected chi connectivity index (χ4v) is 3.48. The third kappa shape index (κ3) is 3.09. The van der Waals surface area contributed by atoms with E-state index < -0.39 is 0 Å². The van der Waals surface area contributed by atoms with Crippen LogP contribution in [0.1, 0.15) is 51.3 Å². The largest absolute Gasteiger partial charge is 0.319 e. The molecule has 1 aromatic carbocycles. The SMILES string of the molecule is CCC(CC1CC1)N1C(=O)C(C)NC1c1cccc(Cl)c1. The highest BCUT2D eigenvalue weighted by atomic mass is 35.5. The third-order valence-electron chi connectivity index (χ3n) is 4.64. The van der Waals surface area contributed by atoms with Gasteiger partial charge in [0.1, 0.15) is 6.17 Å². The Kier molecular flexibility index (Phi) is 4.23. The first-order valence-corrected chi connectivity index (χ1v) is 8.31. The van der Waals surface area contributed by atoms with E-state index in [1.54, 1.807) is 0 Å². The number of hydrogen-bond donors (Lipinski definition) is 1. The van der Waals surface area contributed by atoms with Crippen LogP contribution in [0.5, 0.6) is 0 Å². The van der Waals surface area contributed by atoms with Crippen LogP contribution in [-0.4, -0.2) is 22.9 Å². The predicted octanol–water partition coefficient (Wildman–Crippen LogP) is 3.74. The molecule has 3 rings (SSSR count). The Morgan fingerprint density at radius 2 is 2.19 bits per heavy atom. The molecule has 1 N–H and O–H groups in total. The van der Waals surface area contributed by atoms with E-state index in [0.29, 0.717) is 6.04 Å². The maximum Gasteiger partial charge on any atom is 0.241 e. The first-order chi connectivity index (χ1) is 10.1. The van der Waals surface area contributed by atoms with Gasteiger partial charge in [-0.25, -0.2) is 0 Å². The lowest BCUT2D eigenvalue weighted by atomic mass is 10.0. The van der Waals surface area contributed by atoms with Gasteiger partial charge in [0.25, 0.3) is 0 Å². The van der Waals surface area contributed by atoms with Crippen LogP contribution in [0.15, 0.2) is 24.3 Å². The molecule has 4 heteroatoms. The summed E-state index contributed by atoms with van der Waals surface area (Å²) in [7, 11) is 0. The minimum Gasteiger partial charge on any atom is -0.319 e. The van der Waals surface area contributed by atoms with E-state index in [1.165, 1.54) is 12.8 Å². The standard InChI is InChI=1S/C17H23ClN2O/c1-3-15(9-12-7-8-12)20-16(19-11(2)17(20)21)13-5-4-6-14(18)10-13/h4-6,10-12,15-16,19H,3,7-9H2,1-2H3. The number of benzene rings is 1. The van der Waals surface area contributed by atoms with Crippen molar-refractivity contribution in [3.8, 4) is 0 Å². The Labute approximate surface area is 131 Å². The monoisotopic (exact) mass is 306 g/mol. The molecule has 0 bridgehead atoms. The first kappa shape index (κ1) is 14.9. The molecule has 1 aliphatic heterocycles. The van der Waals surface area contributed by atoms with Gasteiger partial charge in [-0.05, 0) is 43.4 Å². The van der Waals surface area contributed by atoms with Gasteiger partial charge in [0, 0.05) is 11.1 Å². The van der Waals surface area contributed by atoms with Crippen molar-refractivity contribution in [2.45, 2.75) is 57.8 Å². The summed E-state index contributed by atoms with van der Waals surface area (Å²) in [6.45, 7) is 4.13. The van der Waals surface area contributed by atoms with Crippen LogP contribution in [0.4, 0.5) is 0 Å². The molecule has 0 spiro atoms. The molecular formula is C17H23ClN2O. The van der Waals surface area contributed by atoms with E-state index in [0.717, 1.165) is 29.3 Å². The van der Waals surface area contributed by atoms with Crippen molar-refractivity contribution < 1.29 is 4.79 Å². The molecular weight excluding hydrogens is 284 g/mol. The molecule has 3 atom stereocenters. The van der Waals surface area contributed by atoms with Crippen LogP contribution < -0.4 is 5.32 Å². The molecule has 21 heavy (non-hydrogen) atoms. The zero-order chi connectivity index (χ0) is 15.0. The minimum absolute atomic E-state index is 0.0464. The van der Waals surface area contributed by atoms with Crippen molar-refractivity contribution in [1.29, 1.82) is 0 Å². The predicted molar refractivity (Wildman–Crippen MR) is 85.1 cm³/mol. The molecule has 1 amide bonds. The molecule has 1 saturated heterocycles. The van der Waals surface area contributed by atoms with Crippen molar-refractivity contribution >= 4 is 17.5 Å². The second-order valence-corrected chi connectivity index (χ2v) is 6.77. The van der Waals surface area contributed by atoms with Gasteiger partial charge < -0.3 is 4.90 Å². The number of nitrogens with zero attached hydrogens (tertiary/aromatic N) is 1. The molecule has 1 aromatic rings. The fraction of sp³-hybridized carbons (Fsp3) is 0.588. The van der Waals surface area contributed by atoms with Gasteiger partial charge in [0.05, 0.1) is 6.04 Å². The Balaban J connectivity index is 1.87. The fourth-order valence-electron chi connectivity index (χ4n) is 3.28. The van der Waals surface area contributed by atoms with Gasteiger partial charge in [0.2, 0.25) is 5.91 Å². The zero-order valence-corrected chi connectivity index (χ0v) is 13.4. The highest BCUT2D eigenvalue weighted by Gasteiger charge is 2.42. The number of carbonyl (C=O) groups is 1. The molecule has 1 heterocycles. The maximum atomic E-state index is 12.6. The summed E-state index contributed by atoms with van der Waals surface area (Å²) >= 11 is 6.12. The van der Waals surface area contributed by atoms with E-state index in [2.05, 4.69) is 17.1 Å². The van der Waals surface area contributed by atoms with Crippen molar-refractivity contribution in [3.63, 3.8) is 0 Å². The van der Waals surface area contributed by atoms with Crippen LogP contribution in [0.2, 0.25) is 5.02 Å². The summed E-state index contributed by atoms with van der Waals surface area (Å²) in [6.07, 6.45) is 4.74. The lowest BCUT2D eigenvalue weighted by molar-refractivity contribution is -0.132. The number of nitrogens with one attached hydrogen (secondary N) is 1. The zero-order valence-electron chi connectivity index (χ0n) is 12.7. The van der Waals surface area contributed by atoms with E-state index >= 15 is 0 Å². The average Bonchev–Trinajstić information content (AvgIpc) is 3.24. The van der Waals surface area contributed by atoms with Gasteiger partial charge in [-0.3, -0.25) is 10.1 Å². The number of rotatable bonds is 5. The van der Waals surface area contributed by atoms with Crippen LogP contribution in [0.25, 0.3) is 0 Å². The Hall–Kier alpha value is -1.06. The van der Waals surface area contributed by atoms with Crippen molar-refractivity contribution in [2.24, 2.45) is 5.92 Å². The van der Waals surface area contributed by atoms with Crippen molar-refractivity contribution in [3.05, 3.63) is 34.9 Å². The second-order valence-electron chi connectivity index (χ2n) is 6.33. The lowest BCUT2D eigenvalue weighted by Gasteiger charge is -2.32. The molecule has 1 aliphatic carbocycles. The number of halogens is 1. The van der Waals surface area contributed by atoms with E-state index in [1.807, 2.05) is 31.2 Å². The number of carbonyl (C=O) groups excluding carboxylic acids is 1. The molecule has 0 aromatic heterocycles. The van der Waals surface area contributed by atoms with Crippen molar-refractivity contribution in [2.75, 3.05) is 0 Å². The smallest absolute Gasteiger partial charge is 0.241 e. The van der Waals surface area contributed by atoms with Crippen molar-refractivity contribution in [1.82, 2.24) is 10.2 Å². The van der Waals surface area contributed by atoms with Gasteiger partial charge in [0.15, 0.2) is 0 Å². The topological polar surface area (TPSA) is 32.3 Å². The van der Waals surface area contributed by atoms with Crippen LogP contribution in [-0.2, 0) is 4.79 Å². The highest BCUT2D eigenvalue weighted by molar-refractivity contribution is 6.30. The normalized spacial score (nSPS) is 27.2. The maximum absolute atomic E-state index is 12.6. The summed E-state index contributed by atoms with van der Waals surface area (Å²) in [4.78, 5) is 14.7. The molecule has 0 radical (unpaired) electrons. The van der Waals surface area contributed by atoms with E-state index in [-0.39, 0.29) is 18.1 Å². The average molecular weight is 307 g/mol. The van der Waals surface area contributed by atoms with Crippen LogP contribution >= 0.6 is 11.6 Å². The quantitative estimate of drug-likeness (QED) is 0.899. The Morgan fingerprint density at radius 1 is 1.43 bits per heavy atom. The molecule has 3 nitrogen and oxygen atoms in total. The number of amides is 1. The Morgan fingerprint density at radius 3 is 2.81 bits per heavy atom. The van der Waals surface area contributed by atoms with E-state index in [9.17, 15) is 4.79 Å². The summed E-state index contributed by atoms with van der Waals surface area (Å²) in [6, 6.07) is 8.03.